The first-order chi connectivity index (χ1) is 14.8. The average Bonchev–Trinajstić information content (AvgIpc) is 3.17. The number of alkyl halides is 2. The number of benzene rings is 3. The van der Waals surface area contributed by atoms with Gasteiger partial charge >= 0.3 is 0 Å². The van der Waals surface area contributed by atoms with E-state index in [1.54, 1.807) is 6.21 Å². The predicted molar refractivity (Wildman–Crippen MR) is 128 cm³/mol. The van der Waals surface area contributed by atoms with E-state index in [-0.39, 0.29) is 0 Å². The monoisotopic (exact) mass is 439 g/mol. The largest absolute Gasteiger partial charge is 0.369 e. The summed E-state index contributed by atoms with van der Waals surface area (Å²) in [5, 5.41) is 6.71. The number of hydrogen-bond donors (Lipinski definition) is 2. The lowest BCUT2D eigenvalue weighted by atomic mass is 10.1. The molecule has 0 aliphatic rings. The highest BCUT2D eigenvalue weighted by Gasteiger charge is 2.05. The number of hydrogen-bond acceptors (Lipinski definition) is 4. The van der Waals surface area contributed by atoms with Crippen molar-refractivity contribution < 1.29 is 0 Å². The van der Waals surface area contributed by atoms with Crippen molar-refractivity contribution in [3.05, 3.63) is 72.1 Å². The van der Waals surface area contributed by atoms with E-state index in [1.807, 2.05) is 24.3 Å². The molecule has 4 rings (SSSR count). The summed E-state index contributed by atoms with van der Waals surface area (Å²) >= 11 is 11.8. The molecule has 3 aromatic carbocycles. The summed E-state index contributed by atoms with van der Waals surface area (Å²) in [6, 6.07) is 20.7. The highest BCUT2D eigenvalue weighted by Crippen LogP contribution is 2.21. The Morgan fingerprint density at radius 1 is 0.967 bits per heavy atom. The number of anilines is 1. The van der Waals surface area contributed by atoms with Gasteiger partial charge in [-0.3, -0.25) is 0 Å². The molecule has 154 valence electrons. The van der Waals surface area contributed by atoms with Crippen LogP contribution in [0.2, 0.25) is 0 Å². The van der Waals surface area contributed by atoms with Gasteiger partial charge < -0.3 is 15.3 Å². The number of nitrogens with zero attached hydrogens (tertiary/aromatic N) is 3. The van der Waals surface area contributed by atoms with Crippen LogP contribution in [-0.2, 0) is 6.54 Å². The topological polar surface area (TPSA) is 56.3 Å². The Morgan fingerprint density at radius 3 is 2.37 bits per heavy atom. The minimum absolute atomic E-state index is 0.527. The average molecular weight is 440 g/mol. The van der Waals surface area contributed by atoms with E-state index >= 15 is 0 Å². The zero-order valence-corrected chi connectivity index (χ0v) is 18.0. The highest BCUT2D eigenvalue weighted by atomic mass is 35.5. The van der Waals surface area contributed by atoms with Gasteiger partial charge in [-0.1, -0.05) is 36.4 Å². The summed E-state index contributed by atoms with van der Waals surface area (Å²) < 4.78 is 0. The van der Waals surface area contributed by atoms with Crippen LogP contribution in [0.15, 0.2) is 65.8 Å². The fraction of sp³-hybridized carbons (Fsp3) is 0.217. The van der Waals surface area contributed by atoms with Gasteiger partial charge in [0, 0.05) is 30.5 Å². The normalized spacial score (nSPS) is 11.5. The van der Waals surface area contributed by atoms with E-state index in [1.165, 1.54) is 10.8 Å². The first-order valence-electron chi connectivity index (χ1n) is 9.87. The van der Waals surface area contributed by atoms with E-state index in [4.69, 9.17) is 23.2 Å². The molecule has 0 atom stereocenters. The third-order valence-electron chi connectivity index (χ3n) is 4.92. The van der Waals surface area contributed by atoms with Gasteiger partial charge in [0.1, 0.15) is 5.82 Å². The molecule has 0 bridgehead atoms. The minimum Gasteiger partial charge on any atom is -0.369 e. The number of fused-ring (bicyclic) bond motifs is 2. The van der Waals surface area contributed by atoms with Crippen molar-refractivity contribution in [2.75, 3.05) is 29.7 Å². The Kier molecular flexibility index (Phi) is 6.72. The molecule has 0 fully saturated rings. The first-order valence-corrected chi connectivity index (χ1v) is 10.9. The molecule has 0 saturated heterocycles. The fourth-order valence-electron chi connectivity index (χ4n) is 3.42. The van der Waals surface area contributed by atoms with Crippen LogP contribution in [0, 0.1) is 0 Å². The summed E-state index contributed by atoms with van der Waals surface area (Å²) in [6.45, 7) is 2.07. The van der Waals surface area contributed by atoms with E-state index in [0.29, 0.717) is 18.3 Å². The lowest BCUT2D eigenvalue weighted by molar-refractivity contribution is 0.717. The Bertz CT molecular complexity index is 1080. The summed E-state index contributed by atoms with van der Waals surface area (Å²) in [5.74, 6) is 1.99. The SMILES string of the molecule is ClCCN(CCCl)c1ccc(/C=N/NCc2nc3cc4ccccc4cc3[nH]2)cc1. The summed E-state index contributed by atoms with van der Waals surface area (Å²) in [6.07, 6.45) is 1.80. The van der Waals surface area contributed by atoms with Gasteiger partial charge in [0.2, 0.25) is 0 Å². The summed E-state index contributed by atoms with van der Waals surface area (Å²) in [4.78, 5) is 10.2. The van der Waals surface area contributed by atoms with Crippen LogP contribution >= 0.6 is 23.2 Å². The Morgan fingerprint density at radius 2 is 1.67 bits per heavy atom. The number of halogens is 2. The quantitative estimate of drug-likeness (QED) is 0.216. The zero-order valence-electron chi connectivity index (χ0n) is 16.5. The van der Waals surface area contributed by atoms with Crippen LogP contribution in [0.25, 0.3) is 21.8 Å². The van der Waals surface area contributed by atoms with Gasteiger partial charge in [-0.25, -0.2) is 4.98 Å². The number of rotatable bonds is 9. The molecule has 4 aromatic rings. The van der Waals surface area contributed by atoms with Crippen molar-refractivity contribution >= 4 is 56.9 Å². The molecule has 1 aromatic heterocycles. The molecule has 0 amide bonds. The molecule has 0 aliphatic carbocycles. The maximum Gasteiger partial charge on any atom is 0.128 e. The maximum atomic E-state index is 5.88. The third kappa shape index (κ3) is 4.86. The Balaban J connectivity index is 1.37. The van der Waals surface area contributed by atoms with Crippen molar-refractivity contribution in [3.8, 4) is 0 Å². The molecule has 0 radical (unpaired) electrons. The van der Waals surface area contributed by atoms with Gasteiger partial charge in [-0.05, 0) is 40.6 Å². The second kappa shape index (κ2) is 9.83. The van der Waals surface area contributed by atoms with Crippen molar-refractivity contribution in [2.24, 2.45) is 5.10 Å². The van der Waals surface area contributed by atoms with Gasteiger partial charge in [0.15, 0.2) is 0 Å². The summed E-state index contributed by atoms with van der Waals surface area (Å²) in [5.41, 5.74) is 7.17. The molecule has 5 nitrogen and oxygen atoms in total. The van der Waals surface area contributed by atoms with Crippen molar-refractivity contribution in [2.45, 2.75) is 6.54 Å². The molecule has 7 heteroatoms. The fourth-order valence-corrected chi connectivity index (χ4v) is 3.83. The number of aromatic amines is 1. The van der Waals surface area contributed by atoms with Crippen LogP contribution in [0.5, 0.6) is 0 Å². The lowest BCUT2D eigenvalue weighted by Crippen LogP contribution is -2.27. The maximum absolute atomic E-state index is 5.88. The van der Waals surface area contributed by atoms with E-state index in [2.05, 4.69) is 61.8 Å². The molecular weight excluding hydrogens is 417 g/mol. The van der Waals surface area contributed by atoms with Gasteiger partial charge in [-0.2, -0.15) is 5.10 Å². The van der Waals surface area contributed by atoms with E-state index in [0.717, 1.165) is 41.2 Å². The molecule has 1 heterocycles. The first kappa shape index (κ1) is 20.5. The van der Waals surface area contributed by atoms with Crippen molar-refractivity contribution in [3.63, 3.8) is 0 Å². The number of hydrazone groups is 1. The third-order valence-corrected chi connectivity index (χ3v) is 5.25. The van der Waals surface area contributed by atoms with Gasteiger partial charge in [-0.15, -0.1) is 23.2 Å². The van der Waals surface area contributed by atoms with Crippen LogP contribution in [0.4, 0.5) is 5.69 Å². The Labute approximate surface area is 185 Å². The molecular formula is C23H23Cl2N5. The molecule has 30 heavy (non-hydrogen) atoms. The Hall–Kier alpha value is -2.76. The summed E-state index contributed by atoms with van der Waals surface area (Å²) in [7, 11) is 0. The number of H-pyrrole nitrogens is 1. The van der Waals surface area contributed by atoms with Crippen LogP contribution < -0.4 is 10.3 Å². The number of aromatic nitrogens is 2. The van der Waals surface area contributed by atoms with Gasteiger partial charge in [0.25, 0.3) is 0 Å². The second-order valence-electron chi connectivity index (χ2n) is 6.95. The molecule has 0 saturated carbocycles. The van der Waals surface area contributed by atoms with Crippen molar-refractivity contribution in [1.82, 2.24) is 15.4 Å². The van der Waals surface area contributed by atoms with Crippen LogP contribution in [-0.4, -0.2) is 41.0 Å². The van der Waals surface area contributed by atoms with Crippen LogP contribution in [0.1, 0.15) is 11.4 Å². The second-order valence-corrected chi connectivity index (χ2v) is 7.71. The van der Waals surface area contributed by atoms with Crippen LogP contribution in [0.3, 0.4) is 0 Å². The predicted octanol–water partition coefficient (Wildman–Crippen LogP) is 5.12. The van der Waals surface area contributed by atoms with E-state index in [9.17, 15) is 0 Å². The molecule has 0 spiro atoms. The number of imidazole rings is 1. The standard InChI is InChI=1S/C23H23Cl2N5/c24-9-11-30(12-10-25)20-7-5-17(6-8-20)15-26-27-16-23-28-21-13-18-3-1-2-4-19(18)14-22(21)29-23/h1-8,13-15,27H,9-12,16H2,(H,28,29)/b26-15+. The van der Waals surface area contributed by atoms with E-state index < -0.39 is 0 Å². The van der Waals surface area contributed by atoms with Crippen molar-refractivity contribution in [1.29, 1.82) is 0 Å². The molecule has 0 unspecified atom stereocenters. The lowest BCUT2D eigenvalue weighted by Gasteiger charge is -2.22. The zero-order chi connectivity index (χ0) is 20.8. The molecule has 0 aliphatic heterocycles. The smallest absolute Gasteiger partial charge is 0.128 e. The highest BCUT2D eigenvalue weighted by molar-refractivity contribution is 6.18. The number of nitrogens with one attached hydrogen (secondary N) is 2. The molecule has 2 N–H and O–H groups in total. The van der Waals surface area contributed by atoms with Gasteiger partial charge in [0.05, 0.1) is 23.8 Å². The minimum atomic E-state index is 0.527.